The normalized spacial score (nSPS) is 34.1. The first kappa shape index (κ1) is 10.9. The third kappa shape index (κ3) is 2.16. The molecule has 0 aromatic heterocycles. The van der Waals surface area contributed by atoms with Crippen molar-refractivity contribution in [2.24, 2.45) is 5.92 Å². The van der Waals surface area contributed by atoms with E-state index in [2.05, 4.69) is 0 Å². The maximum atomic E-state index is 11.5. The van der Waals surface area contributed by atoms with E-state index in [1.807, 2.05) is 20.8 Å². The summed E-state index contributed by atoms with van der Waals surface area (Å²) in [4.78, 5) is 11.5. The maximum absolute atomic E-state index is 11.5. The average Bonchev–Trinajstić information content (AvgIpc) is 2.57. The number of carbonyl (C=O) groups is 1. The van der Waals surface area contributed by atoms with Gasteiger partial charge in [0.2, 0.25) is 0 Å². The smallest absolute Gasteiger partial charge is 0.309 e. The van der Waals surface area contributed by atoms with Gasteiger partial charge in [0.25, 0.3) is 0 Å². The van der Waals surface area contributed by atoms with Crippen molar-refractivity contribution >= 4 is 5.97 Å². The zero-order valence-electron chi connectivity index (χ0n) is 9.49. The molecule has 0 amide bonds. The fraction of sp³-hybridized carbons (Fsp3) is 0.909. The van der Waals surface area contributed by atoms with Gasteiger partial charge >= 0.3 is 5.97 Å². The summed E-state index contributed by atoms with van der Waals surface area (Å²) in [6, 6.07) is 0. The number of rotatable bonds is 2. The molecule has 2 atom stereocenters. The first-order valence-corrected chi connectivity index (χ1v) is 5.54. The van der Waals surface area contributed by atoms with Gasteiger partial charge in [-0.25, -0.2) is 0 Å². The van der Waals surface area contributed by atoms with E-state index in [-0.39, 0.29) is 24.1 Å². The largest absolute Gasteiger partial charge is 0.466 e. The second-order valence-corrected chi connectivity index (χ2v) is 4.63. The van der Waals surface area contributed by atoms with Crippen LogP contribution in [0.15, 0.2) is 0 Å². The van der Waals surface area contributed by atoms with E-state index in [9.17, 15) is 4.79 Å². The molecule has 0 unspecified atom stereocenters. The molecule has 0 radical (unpaired) electrons. The summed E-state index contributed by atoms with van der Waals surface area (Å²) in [5.74, 6) is -0.650. The molecule has 2 rings (SSSR count). The molecular formula is C11H18O4. The predicted octanol–water partition coefficient (Wildman–Crippen LogP) is 1.48. The van der Waals surface area contributed by atoms with Gasteiger partial charge in [0.1, 0.15) is 0 Å². The van der Waals surface area contributed by atoms with Crippen LogP contribution in [0.5, 0.6) is 0 Å². The van der Waals surface area contributed by atoms with Gasteiger partial charge in [-0.2, -0.15) is 0 Å². The number of esters is 1. The van der Waals surface area contributed by atoms with Crippen LogP contribution < -0.4 is 0 Å². The van der Waals surface area contributed by atoms with Crippen molar-refractivity contribution in [3.05, 3.63) is 0 Å². The molecular weight excluding hydrogens is 196 g/mol. The molecule has 1 saturated carbocycles. The number of ether oxygens (including phenoxy) is 3. The van der Waals surface area contributed by atoms with E-state index in [0.717, 1.165) is 12.8 Å². The highest BCUT2D eigenvalue weighted by Gasteiger charge is 2.49. The number of carbonyl (C=O) groups excluding carboxylic acids is 1. The molecule has 1 aliphatic heterocycles. The van der Waals surface area contributed by atoms with E-state index < -0.39 is 5.79 Å². The van der Waals surface area contributed by atoms with Gasteiger partial charge in [-0.05, 0) is 33.6 Å². The third-order valence-corrected chi connectivity index (χ3v) is 2.94. The van der Waals surface area contributed by atoms with Gasteiger partial charge in [-0.1, -0.05) is 0 Å². The molecule has 2 aliphatic rings. The molecule has 0 N–H and O–H groups in total. The summed E-state index contributed by atoms with van der Waals surface area (Å²) in [7, 11) is 0. The summed E-state index contributed by atoms with van der Waals surface area (Å²) in [5.41, 5.74) is 0. The van der Waals surface area contributed by atoms with Crippen molar-refractivity contribution in [3.63, 3.8) is 0 Å². The second kappa shape index (κ2) is 3.76. The third-order valence-electron chi connectivity index (χ3n) is 2.94. The molecule has 2 fully saturated rings. The van der Waals surface area contributed by atoms with Crippen molar-refractivity contribution in [3.8, 4) is 0 Å². The molecule has 0 aromatic rings. The van der Waals surface area contributed by atoms with Crippen LogP contribution in [0.25, 0.3) is 0 Å². The van der Waals surface area contributed by atoms with E-state index in [4.69, 9.17) is 14.2 Å². The fourth-order valence-corrected chi connectivity index (χ4v) is 2.42. The minimum absolute atomic E-state index is 0.0453. The van der Waals surface area contributed by atoms with E-state index in [0.29, 0.717) is 6.61 Å². The van der Waals surface area contributed by atoms with Crippen LogP contribution in [-0.2, 0) is 19.0 Å². The van der Waals surface area contributed by atoms with Gasteiger partial charge in [0.15, 0.2) is 5.79 Å². The highest BCUT2D eigenvalue weighted by molar-refractivity contribution is 5.73. The SMILES string of the molecule is CCOC(=O)C1C[C@H]2OC(C)(C)O[C@@H]2C1. The molecule has 1 saturated heterocycles. The summed E-state index contributed by atoms with van der Waals surface area (Å²) in [6.45, 7) is 6.08. The van der Waals surface area contributed by atoms with E-state index in [1.165, 1.54) is 0 Å². The summed E-state index contributed by atoms with van der Waals surface area (Å²) in [6.07, 6.45) is 1.59. The van der Waals surface area contributed by atoms with Crippen LogP contribution in [0.2, 0.25) is 0 Å². The van der Waals surface area contributed by atoms with Crippen molar-refractivity contribution < 1.29 is 19.0 Å². The Kier molecular flexibility index (Phi) is 2.73. The molecule has 0 bridgehead atoms. The van der Waals surface area contributed by atoms with Crippen molar-refractivity contribution in [2.45, 2.75) is 51.6 Å². The van der Waals surface area contributed by atoms with E-state index >= 15 is 0 Å². The standard InChI is InChI=1S/C11H18O4/c1-4-13-10(12)7-5-8-9(6-7)15-11(2,3)14-8/h7-9H,4-6H2,1-3H3/t8-,9-/m1/s1. The van der Waals surface area contributed by atoms with Gasteiger partial charge in [0.05, 0.1) is 24.7 Å². The first-order chi connectivity index (χ1) is 7.02. The van der Waals surface area contributed by atoms with Crippen LogP contribution >= 0.6 is 0 Å². The van der Waals surface area contributed by atoms with Crippen molar-refractivity contribution in [2.75, 3.05) is 6.61 Å². The summed E-state index contributed by atoms with van der Waals surface area (Å²) in [5, 5.41) is 0. The minimum atomic E-state index is -0.491. The monoisotopic (exact) mass is 214 g/mol. The second-order valence-electron chi connectivity index (χ2n) is 4.63. The Morgan fingerprint density at radius 2 is 1.87 bits per heavy atom. The Bertz CT molecular complexity index is 245. The first-order valence-electron chi connectivity index (χ1n) is 5.54. The lowest BCUT2D eigenvalue weighted by Crippen LogP contribution is -2.25. The molecule has 1 heterocycles. The Balaban J connectivity index is 1.91. The van der Waals surface area contributed by atoms with Crippen molar-refractivity contribution in [1.29, 1.82) is 0 Å². The quantitative estimate of drug-likeness (QED) is 0.653. The average molecular weight is 214 g/mol. The number of hydrogen-bond donors (Lipinski definition) is 0. The van der Waals surface area contributed by atoms with Crippen molar-refractivity contribution in [1.82, 2.24) is 0 Å². The molecule has 0 aromatic carbocycles. The summed E-state index contributed by atoms with van der Waals surface area (Å²) >= 11 is 0. The fourth-order valence-electron chi connectivity index (χ4n) is 2.42. The molecule has 4 heteroatoms. The molecule has 86 valence electrons. The summed E-state index contributed by atoms with van der Waals surface area (Å²) < 4.78 is 16.4. The maximum Gasteiger partial charge on any atom is 0.309 e. The lowest BCUT2D eigenvalue weighted by atomic mass is 10.1. The molecule has 0 spiro atoms. The van der Waals surface area contributed by atoms with Gasteiger partial charge in [0, 0.05) is 0 Å². The Morgan fingerprint density at radius 3 is 2.33 bits per heavy atom. The Labute approximate surface area is 89.9 Å². The highest BCUT2D eigenvalue weighted by Crippen LogP contribution is 2.41. The molecule has 1 aliphatic carbocycles. The predicted molar refractivity (Wildman–Crippen MR) is 53.2 cm³/mol. The highest BCUT2D eigenvalue weighted by atomic mass is 16.8. The van der Waals surface area contributed by atoms with Crippen LogP contribution in [-0.4, -0.2) is 30.6 Å². The number of fused-ring (bicyclic) bond motifs is 1. The zero-order chi connectivity index (χ0) is 11.1. The Hall–Kier alpha value is -0.610. The van der Waals surface area contributed by atoms with Crippen LogP contribution in [0.1, 0.15) is 33.6 Å². The zero-order valence-corrected chi connectivity index (χ0v) is 9.49. The topological polar surface area (TPSA) is 44.8 Å². The van der Waals surface area contributed by atoms with Gasteiger partial charge < -0.3 is 14.2 Å². The Morgan fingerprint density at radius 1 is 1.33 bits per heavy atom. The molecule has 4 nitrogen and oxygen atoms in total. The van der Waals surface area contributed by atoms with Crippen LogP contribution in [0.3, 0.4) is 0 Å². The minimum Gasteiger partial charge on any atom is -0.466 e. The van der Waals surface area contributed by atoms with Crippen LogP contribution in [0, 0.1) is 5.92 Å². The van der Waals surface area contributed by atoms with Gasteiger partial charge in [-0.3, -0.25) is 4.79 Å². The number of hydrogen-bond acceptors (Lipinski definition) is 4. The van der Waals surface area contributed by atoms with E-state index in [1.54, 1.807) is 0 Å². The van der Waals surface area contributed by atoms with Crippen LogP contribution in [0.4, 0.5) is 0 Å². The molecule has 15 heavy (non-hydrogen) atoms. The van der Waals surface area contributed by atoms with Gasteiger partial charge in [-0.15, -0.1) is 0 Å². The lowest BCUT2D eigenvalue weighted by molar-refractivity contribution is -0.163. The lowest BCUT2D eigenvalue weighted by Gasteiger charge is -2.19.